The number of hydrogen-bond donors (Lipinski definition) is 0. The summed E-state index contributed by atoms with van der Waals surface area (Å²) in [6, 6.07) is 9.73. The van der Waals surface area contributed by atoms with Crippen LogP contribution in [0.5, 0.6) is 0 Å². The van der Waals surface area contributed by atoms with Crippen molar-refractivity contribution in [2.24, 2.45) is 0 Å². The van der Waals surface area contributed by atoms with Crippen LogP contribution in [0.3, 0.4) is 0 Å². The van der Waals surface area contributed by atoms with Crippen molar-refractivity contribution in [3.8, 4) is 12.1 Å². The normalized spacial score (nSPS) is 9.73. The molecule has 1 aromatic carbocycles. The molecule has 0 aliphatic heterocycles. The maximum Gasteiger partial charge on any atom is 0.134 e. The van der Waals surface area contributed by atoms with Gasteiger partial charge in [-0.05, 0) is 23.3 Å². The summed E-state index contributed by atoms with van der Waals surface area (Å²) in [5.74, 6) is 0. The van der Waals surface area contributed by atoms with Crippen molar-refractivity contribution in [3.05, 3.63) is 35.6 Å². The lowest BCUT2D eigenvalue weighted by atomic mass is 9.99. The summed E-state index contributed by atoms with van der Waals surface area (Å²) in [7, 11) is 0. The maximum atomic E-state index is 8.75. The second-order valence-electron chi connectivity index (χ2n) is 3.21. The van der Waals surface area contributed by atoms with E-state index in [1.807, 2.05) is 18.2 Å². The van der Waals surface area contributed by atoms with Crippen molar-refractivity contribution in [2.45, 2.75) is 12.8 Å². The molecule has 0 atom stereocenters. The van der Waals surface area contributed by atoms with Crippen LogP contribution in [0.15, 0.2) is 28.9 Å². The molecule has 0 amide bonds. The maximum absolute atomic E-state index is 8.75. The van der Waals surface area contributed by atoms with E-state index in [1.54, 1.807) is 6.26 Å². The molecule has 2 rings (SSSR count). The van der Waals surface area contributed by atoms with E-state index in [2.05, 4.69) is 12.1 Å². The van der Waals surface area contributed by atoms with Crippen LogP contribution >= 0.6 is 0 Å². The lowest BCUT2D eigenvalue weighted by Crippen LogP contribution is -1.92. The molecule has 72 valence electrons. The molecule has 0 bridgehead atoms. The number of hydrogen-bond acceptors (Lipinski definition) is 3. The van der Waals surface area contributed by atoms with Gasteiger partial charge >= 0.3 is 0 Å². The molecular formula is C12H8N2O. The van der Waals surface area contributed by atoms with Crippen molar-refractivity contribution < 1.29 is 4.42 Å². The molecular weight excluding hydrogens is 188 g/mol. The highest BCUT2D eigenvalue weighted by molar-refractivity contribution is 5.82. The predicted octanol–water partition coefficient (Wildman–Crippen LogP) is 2.56. The lowest BCUT2D eigenvalue weighted by molar-refractivity contribution is 0.615. The Morgan fingerprint density at radius 3 is 2.60 bits per heavy atom. The van der Waals surface area contributed by atoms with E-state index >= 15 is 0 Å². The molecule has 15 heavy (non-hydrogen) atoms. The third-order valence-corrected chi connectivity index (χ3v) is 2.37. The van der Waals surface area contributed by atoms with Crippen LogP contribution in [-0.2, 0) is 12.8 Å². The summed E-state index contributed by atoms with van der Waals surface area (Å²) in [4.78, 5) is 0. The van der Waals surface area contributed by atoms with Crippen LogP contribution in [-0.4, -0.2) is 0 Å². The molecule has 0 fully saturated rings. The third kappa shape index (κ3) is 1.56. The number of fused-ring (bicyclic) bond motifs is 1. The Hall–Kier alpha value is -2.26. The van der Waals surface area contributed by atoms with Gasteiger partial charge in [-0.3, -0.25) is 0 Å². The van der Waals surface area contributed by atoms with Gasteiger partial charge in [0.25, 0.3) is 0 Å². The minimum Gasteiger partial charge on any atom is -0.464 e. The van der Waals surface area contributed by atoms with Crippen LogP contribution in [0.4, 0.5) is 0 Å². The van der Waals surface area contributed by atoms with Gasteiger partial charge in [0, 0.05) is 5.39 Å². The van der Waals surface area contributed by atoms with Gasteiger partial charge in [0.05, 0.1) is 31.2 Å². The largest absolute Gasteiger partial charge is 0.464 e. The average Bonchev–Trinajstić information content (AvgIpc) is 2.70. The van der Waals surface area contributed by atoms with E-state index in [-0.39, 0.29) is 0 Å². The number of nitriles is 2. The van der Waals surface area contributed by atoms with Crippen molar-refractivity contribution in [1.82, 2.24) is 0 Å². The van der Waals surface area contributed by atoms with Crippen molar-refractivity contribution in [2.75, 3.05) is 0 Å². The van der Waals surface area contributed by atoms with Crippen LogP contribution in [0.25, 0.3) is 11.0 Å². The molecule has 0 radical (unpaired) electrons. The zero-order chi connectivity index (χ0) is 10.7. The molecule has 3 nitrogen and oxygen atoms in total. The first-order valence-electron chi connectivity index (χ1n) is 4.58. The lowest BCUT2D eigenvalue weighted by Gasteiger charge is -2.03. The topological polar surface area (TPSA) is 60.7 Å². The van der Waals surface area contributed by atoms with Crippen LogP contribution in [0, 0.1) is 22.7 Å². The summed E-state index contributed by atoms with van der Waals surface area (Å²) in [6.07, 6.45) is 2.24. The molecule has 0 spiro atoms. The number of furan rings is 1. The van der Waals surface area contributed by atoms with Gasteiger partial charge < -0.3 is 4.42 Å². The van der Waals surface area contributed by atoms with E-state index in [0.717, 1.165) is 22.1 Å². The van der Waals surface area contributed by atoms with Crippen LogP contribution in [0.1, 0.15) is 11.1 Å². The monoisotopic (exact) mass is 196 g/mol. The minimum atomic E-state index is 0.313. The van der Waals surface area contributed by atoms with E-state index in [9.17, 15) is 0 Å². The van der Waals surface area contributed by atoms with Gasteiger partial charge in [-0.1, -0.05) is 6.07 Å². The molecule has 1 heterocycles. The van der Waals surface area contributed by atoms with Crippen molar-refractivity contribution in [1.29, 1.82) is 10.5 Å². The van der Waals surface area contributed by atoms with Gasteiger partial charge in [0.2, 0.25) is 0 Å². The van der Waals surface area contributed by atoms with Crippen molar-refractivity contribution in [3.63, 3.8) is 0 Å². The van der Waals surface area contributed by atoms with Gasteiger partial charge in [-0.15, -0.1) is 0 Å². The molecule has 0 aliphatic carbocycles. The molecule has 3 heteroatoms. The first kappa shape index (κ1) is 9.30. The number of benzene rings is 1. The van der Waals surface area contributed by atoms with Crippen LogP contribution < -0.4 is 0 Å². The number of rotatable bonds is 2. The average molecular weight is 196 g/mol. The summed E-state index contributed by atoms with van der Waals surface area (Å²) >= 11 is 0. The Labute approximate surface area is 87.2 Å². The highest BCUT2D eigenvalue weighted by Crippen LogP contribution is 2.24. The first-order valence-corrected chi connectivity index (χ1v) is 4.58. The second-order valence-corrected chi connectivity index (χ2v) is 3.21. The fraction of sp³-hybridized carbons (Fsp3) is 0.167. The quantitative estimate of drug-likeness (QED) is 0.741. The first-order chi connectivity index (χ1) is 7.36. The van der Waals surface area contributed by atoms with E-state index < -0.39 is 0 Å². The molecule has 2 aromatic rings. The molecule has 0 unspecified atom stereocenters. The summed E-state index contributed by atoms with van der Waals surface area (Å²) < 4.78 is 5.25. The summed E-state index contributed by atoms with van der Waals surface area (Å²) in [5.41, 5.74) is 2.58. The highest BCUT2D eigenvalue weighted by atomic mass is 16.3. The zero-order valence-corrected chi connectivity index (χ0v) is 8.03. The van der Waals surface area contributed by atoms with Gasteiger partial charge in [-0.2, -0.15) is 10.5 Å². The zero-order valence-electron chi connectivity index (χ0n) is 8.03. The highest BCUT2D eigenvalue weighted by Gasteiger charge is 2.08. The molecule has 0 N–H and O–H groups in total. The Morgan fingerprint density at radius 1 is 1.07 bits per heavy atom. The third-order valence-electron chi connectivity index (χ3n) is 2.37. The SMILES string of the molecule is N#CCc1ccc2occc2c1CC#N. The van der Waals surface area contributed by atoms with Gasteiger partial charge in [0.1, 0.15) is 5.58 Å². The predicted molar refractivity (Wildman–Crippen MR) is 54.8 cm³/mol. The Morgan fingerprint density at radius 2 is 1.87 bits per heavy atom. The molecule has 1 aromatic heterocycles. The van der Waals surface area contributed by atoms with Crippen LogP contribution in [0.2, 0.25) is 0 Å². The molecule has 0 saturated carbocycles. The second kappa shape index (κ2) is 3.86. The standard InChI is InChI=1S/C12H8N2O/c13-6-3-9-1-2-12-11(5-8-15-12)10(9)4-7-14/h1-2,5,8H,3-4H2. The Kier molecular flexibility index (Phi) is 2.39. The summed E-state index contributed by atoms with van der Waals surface area (Å²) in [6.45, 7) is 0. The summed E-state index contributed by atoms with van der Waals surface area (Å²) in [5, 5.41) is 18.4. The number of nitrogens with zero attached hydrogens (tertiary/aromatic N) is 2. The van der Waals surface area contributed by atoms with E-state index in [4.69, 9.17) is 14.9 Å². The molecule has 0 aliphatic rings. The van der Waals surface area contributed by atoms with Gasteiger partial charge in [-0.25, -0.2) is 0 Å². The van der Waals surface area contributed by atoms with E-state index in [1.165, 1.54) is 0 Å². The Bertz CT molecular complexity index is 569. The van der Waals surface area contributed by atoms with Gasteiger partial charge in [0.15, 0.2) is 0 Å². The Balaban J connectivity index is 2.66. The van der Waals surface area contributed by atoms with Crippen molar-refractivity contribution >= 4 is 11.0 Å². The minimum absolute atomic E-state index is 0.313. The fourth-order valence-electron chi connectivity index (χ4n) is 1.69. The van der Waals surface area contributed by atoms with E-state index in [0.29, 0.717) is 12.8 Å². The fourth-order valence-corrected chi connectivity index (χ4v) is 1.69. The smallest absolute Gasteiger partial charge is 0.134 e. The molecule has 0 saturated heterocycles.